The molecule has 0 saturated carbocycles. The predicted molar refractivity (Wildman–Crippen MR) is 103 cm³/mol. The minimum absolute atomic E-state index is 0.0874. The molecule has 1 aromatic heterocycles. The van der Waals surface area contributed by atoms with Gasteiger partial charge in [0.25, 0.3) is 0 Å². The number of aliphatic hydroxyl groups excluding tert-OH is 1. The summed E-state index contributed by atoms with van der Waals surface area (Å²) in [6, 6.07) is 7.62. The maximum atomic E-state index is 14.5. The lowest BCUT2D eigenvalue weighted by atomic mass is 10.1. The zero-order valence-electron chi connectivity index (χ0n) is 15.0. The number of ether oxygens (including phenoxy) is 1. The lowest BCUT2D eigenvalue weighted by molar-refractivity contribution is 0.142. The summed E-state index contributed by atoms with van der Waals surface area (Å²) >= 11 is 1.14. The summed E-state index contributed by atoms with van der Waals surface area (Å²) in [6.45, 7) is 3.07. The Balaban J connectivity index is 1.51. The Labute approximate surface area is 164 Å². The van der Waals surface area contributed by atoms with Crippen molar-refractivity contribution in [3.63, 3.8) is 0 Å². The van der Waals surface area contributed by atoms with Crippen molar-refractivity contribution >= 4 is 22.4 Å². The van der Waals surface area contributed by atoms with E-state index in [1.807, 2.05) is 17.9 Å². The fraction of sp³-hybridized carbons (Fsp3) is 0.263. The molecule has 0 amide bonds. The standard InChI is InChI=1S/C19H18F2N4O2S/c1-11-2-13(25-8-14(26)9-25)5-15(3-11)27-18-6-16(20)12(4-17(18)21)7-22-19-23-10-24-28-19/h2-6,10,14,26H,7-9H2,1H3,(H,22,23,24). The van der Waals surface area contributed by atoms with Crippen LogP contribution < -0.4 is 15.0 Å². The van der Waals surface area contributed by atoms with E-state index in [2.05, 4.69) is 14.7 Å². The van der Waals surface area contributed by atoms with E-state index in [4.69, 9.17) is 4.74 Å². The van der Waals surface area contributed by atoms with E-state index < -0.39 is 11.6 Å². The van der Waals surface area contributed by atoms with Crippen LogP contribution in [0, 0.1) is 18.6 Å². The molecule has 0 aliphatic carbocycles. The molecule has 2 heterocycles. The summed E-state index contributed by atoms with van der Waals surface area (Å²) in [5.41, 5.74) is 1.96. The summed E-state index contributed by atoms with van der Waals surface area (Å²) in [4.78, 5) is 5.93. The van der Waals surface area contributed by atoms with Crippen molar-refractivity contribution in [3.8, 4) is 11.5 Å². The molecule has 0 radical (unpaired) electrons. The second-order valence-corrected chi connectivity index (χ2v) is 7.42. The Kier molecular flexibility index (Phi) is 5.10. The number of nitrogens with zero attached hydrogens (tertiary/aromatic N) is 3. The van der Waals surface area contributed by atoms with Crippen LogP contribution in [0.4, 0.5) is 19.6 Å². The first-order valence-corrected chi connectivity index (χ1v) is 9.46. The van der Waals surface area contributed by atoms with Gasteiger partial charge < -0.3 is 20.1 Å². The molecule has 0 spiro atoms. The van der Waals surface area contributed by atoms with Gasteiger partial charge in [-0.3, -0.25) is 0 Å². The van der Waals surface area contributed by atoms with Crippen molar-refractivity contribution in [2.45, 2.75) is 19.6 Å². The third-order valence-electron chi connectivity index (χ3n) is 4.38. The number of aromatic nitrogens is 2. The molecule has 146 valence electrons. The number of halogens is 2. The van der Waals surface area contributed by atoms with E-state index in [1.54, 1.807) is 12.1 Å². The molecule has 28 heavy (non-hydrogen) atoms. The number of aryl methyl sites for hydroxylation is 1. The molecule has 1 saturated heterocycles. The average molecular weight is 404 g/mol. The minimum atomic E-state index is -0.655. The number of rotatable bonds is 6. The zero-order chi connectivity index (χ0) is 19.7. The molecule has 0 unspecified atom stereocenters. The van der Waals surface area contributed by atoms with Crippen LogP contribution in [0.2, 0.25) is 0 Å². The third-order valence-corrected chi connectivity index (χ3v) is 5.01. The Morgan fingerprint density at radius 1 is 1.21 bits per heavy atom. The third kappa shape index (κ3) is 4.05. The first-order chi connectivity index (χ1) is 13.5. The van der Waals surface area contributed by atoms with Crippen LogP contribution in [0.3, 0.4) is 0 Å². The number of anilines is 2. The summed E-state index contributed by atoms with van der Waals surface area (Å²) < 4.78 is 38.3. The topological polar surface area (TPSA) is 70.5 Å². The number of aliphatic hydroxyl groups is 1. The van der Waals surface area contributed by atoms with Crippen LogP contribution in [0.1, 0.15) is 11.1 Å². The van der Waals surface area contributed by atoms with Crippen molar-refractivity contribution in [2.75, 3.05) is 23.3 Å². The quantitative estimate of drug-likeness (QED) is 0.653. The molecule has 2 aromatic carbocycles. The van der Waals surface area contributed by atoms with E-state index in [0.29, 0.717) is 24.0 Å². The van der Waals surface area contributed by atoms with E-state index in [0.717, 1.165) is 34.9 Å². The second-order valence-electron chi connectivity index (χ2n) is 6.64. The number of β-amino-alcohol motifs (C(OH)–C–C–N with tert-alkyl or cyclic N) is 1. The molecule has 9 heteroatoms. The first kappa shape index (κ1) is 18.6. The largest absolute Gasteiger partial charge is 0.454 e. The SMILES string of the molecule is Cc1cc(Oc2cc(F)c(CNc3ncns3)cc2F)cc(N2CC(O)C2)c1. The zero-order valence-corrected chi connectivity index (χ0v) is 15.8. The molecule has 4 rings (SSSR count). The van der Waals surface area contributed by atoms with Gasteiger partial charge in [-0.2, -0.15) is 4.37 Å². The maximum Gasteiger partial charge on any atom is 0.202 e. The van der Waals surface area contributed by atoms with E-state index in [-0.39, 0.29) is 24.0 Å². The van der Waals surface area contributed by atoms with Crippen molar-refractivity contribution < 1.29 is 18.6 Å². The highest BCUT2D eigenvalue weighted by Crippen LogP contribution is 2.32. The van der Waals surface area contributed by atoms with Crippen LogP contribution in [0.5, 0.6) is 11.5 Å². The summed E-state index contributed by atoms with van der Waals surface area (Å²) in [7, 11) is 0. The second kappa shape index (κ2) is 7.69. The Hall–Kier alpha value is -2.78. The highest BCUT2D eigenvalue weighted by atomic mass is 32.1. The lowest BCUT2D eigenvalue weighted by Crippen LogP contribution is -2.50. The van der Waals surface area contributed by atoms with Crippen LogP contribution in [0.25, 0.3) is 0 Å². The van der Waals surface area contributed by atoms with Gasteiger partial charge in [-0.1, -0.05) is 0 Å². The Morgan fingerprint density at radius 3 is 2.75 bits per heavy atom. The minimum Gasteiger partial charge on any atom is -0.454 e. The van der Waals surface area contributed by atoms with Gasteiger partial charge in [0.1, 0.15) is 17.9 Å². The van der Waals surface area contributed by atoms with Gasteiger partial charge >= 0.3 is 0 Å². The van der Waals surface area contributed by atoms with Crippen LogP contribution in [-0.2, 0) is 6.54 Å². The van der Waals surface area contributed by atoms with Crippen molar-refractivity contribution in [3.05, 3.63) is 59.4 Å². The maximum absolute atomic E-state index is 14.5. The number of hydrogen-bond donors (Lipinski definition) is 2. The van der Waals surface area contributed by atoms with Crippen LogP contribution in [-0.4, -0.2) is 33.7 Å². The van der Waals surface area contributed by atoms with Crippen molar-refractivity contribution in [1.29, 1.82) is 0 Å². The smallest absolute Gasteiger partial charge is 0.202 e. The molecule has 0 bridgehead atoms. The fourth-order valence-corrected chi connectivity index (χ4v) is 3.39. The summed E-state index contributed by atoms with van der Waals surface area (Å²) in [6.07, 6.45) is 1.05. The molecule has 6 nitrogen and oxygen atoms in total. The lowest BCUT2D eigenvalue weighted by Gasteiger charge is -2.38. The van der Waals surface area contributed by atoms with Crippen LogP contribution >= 0.6 is 11.5 Å². The van der Waals surface area contributed by atoms with Gasteiger partial charge in [-0.15, -0.1) is 0 Å². The molecular formula is C19H18F2N4O2S. The number of hydrogen-bond acceptors (Lipinski definition) is 7. The first-order valence-electron chi connectivity index (χ1n) is 8.69. The average Bonchev–Trinajstić information content (AvgIpc) is 3.13. The van der Waals surface area contributed by atoms with E-state index in [9.17, 15) is 13.9 Å². The molecule has 1 aliphatic heterocycles. The van der Waals surface area contributed by atoms with Gasteiger partial charge in [0.05, 0.1) is 6.10 Å². The predicted octanol–water partition coefficient (Wildman–Crippen LogP) is 3.71. The van der Waals surface area contributed by atoms with E-state index in [1.165, 1.54) is 6.33 Å². The van der Waals surface area contributed by atoms with Crippen molar-refractivity contribution in [1.82, 2.24) is 9.36 Å². The number of nitrogens with one attached hydrogen (secondary N) is 1. The Bertz CT molecular complexity index is 978. The summed E-state index contributed by atoms with van der Waals surface area (Å²) in [5, 5.41) is 12.9. The molecule has 1 aliphatic rings. The monoisotopic (exact) mass is 404 g/mol. The summed E-state index contributed by atoms with van der Waals surface area (Å²) in [5.74, 6) is -1.00. The Morgan fingerprint density at radius 2 is 2.04 bits per heavy atom. The normalized spacial score (nSPS) is 14.1. The van der Waals surface area contributed by atoms with Gasteiger partial charge in [0.2, 0.25) is 5.13 Å². The van der Waals surface area contributed by atoms with Gasteiger partial charge in [0, 0.05) is 54.6 Å². The van der Waals surface area contributed by atoms with Gasteiger partial charge in [-0.05, 0) is 30.7 Å². The van der Waals surface area contributed by atoms with Gasteiger partial charge in [-0.25, -0.2) is 13.8 Å². The van der Waals surface area contributed by atoms with Crippen molar-refractivity contribution in [2.24, 2.45) is 0 Å². The number of benzene rings is 2. The molecule has 2 N–H and O–H groups in total. The van der Waals surface area contributed by atoms with E-state index >= 15 is 0 Å². The molecule has 1 fully saturated rings. The highest BCUT2D eigenvalue weighted by Gasteiger charge is 2.25. The molecule has 3 aromatic rings. The van der Waals surface area contributed by atoms with Crippen LogP contribution in [0.15, 0.2) is 36.7 Å². The fourth-order valence-electron chi connectivity index (χ4n) is 2.97. The highest BCUT2D eigenvalue weighted by molar-refractivity contribution is 7.09. The molecular weight excluding hydrogens is 386 g/mol. The van der Waals surface area contributed by atoms with Gasteiger partial charge in [0.15, 0.2) is 11.6 Å². The molecule has 0 atom stereocenters.